The Labute approximate surface area is 102 Å². The van der Waals surface area contributed by atoms with Crippen molar-refractivity contribution in [2.45, 2.75) is 13.0 Å². The van der Waals surface area contributed by atoms with Gasteiger partial charge in [0.25, 0.3) is 5.91 Å². The first-order valence-corrected chi connectivity index (χ1v) is 5.96. The van der Waals surface area contributed by atoms with E-state index >= 15 is 0 Å². The van der Waals surface area contributed by atoms with Crippen LogP contribution < -0.4 is 11.1 Å². The van der Waals surface area contributed by atoms with Gasteiger partial charge in [-0.3, -0.25) is 9.48 Å². The van der Waals surface area contributed by atoms with Crippen LogP contribution in [0.5, 0.6) is 0 Å². The largest absolute Gasteiger partial charge is 0.322 e. The lowest BCUT2D eigenvalue weighted by Gasteiger charge is -1.99. The van der Waals surface area contributed by atoms with Gasteiger partial charge in [0.05, 0.1) is 6.04 Å². The quantitative estimate of drug-likeness (QED) is 0.856. The first-order valence-electron chi connectivity index (χ1n) is 5.08. The van der Waals surface area contributed by atoms with Gasteiger partial charge in [-0.1, -0.05) is 0 Å². The molecule has 7 heteroatoms. The van der Waals surface area contributed by atoms with Crippen molar-refractivity contribution in [2.24, 2.45) is 12.8 Å². The van der Waals surface area contributed by atoms with Gasteiger partial charge in [0.15, 0.2) is 5.82 Å². The van der Waals surface area contributed by atoms with Gasteiger partial charge in [0.1, 0.15) is 10.7 Å². The molecule has 0 fully saturated rings. The van der Waals surface area contributed by atoms with Crippen molar-refractivity contribution >= 4 is 23.1 Å². The van der Waals surface area contributed by atoms with Gasteiger partial charge in [-0.15, -0.1) is 11.3 Å². The summed E-state index contributed by atoms with van der Waals surface area (Å²) in [5, 5.41) is 9.16. The van der Waals surface area contributed by atoms with Crippen LogP contribution in [0.4, 0.5) is 5.82 Å². The van der Waals surface area contributed by atoms with E-state index < -0.39 is 0 Å². The topological polar surface area (TPSA) is 85.8 Å². The zero-order chi connectivity index (χ0) is 12.4. The highest BCUT2D eigenvalue weighted by molar-refractivity contribution is 7.09. The third kappa shape index (κ3) is 2.69. The molecule has 2 heterocycles. The van der Waals surface area contributed by atoms with Gasteiger partial charge in [-0.05, 0) is 6.92 Å². The lowest BCUT2D eigenvalue weighted by Crippen LogP contribution is -2.13. The van der Waals surface area contributed by atoms with E-state index in [1.54, 1.807) is 29.4 Å². The summed E-state index contributed by atoms with van der Waals surface area (Å²) in [6.07, 6.45) is 1.75. The second-order valence-electron chi connectivity index (χ2n) is 3.69. The summed E-state index contributed by atoms with van der Waals surface area (Å²) >= 11 is 1.38. The van der Waals surface area contributed by atoms with Gasteiger partial charge < -0.3 is 11.1 Å². The molecule has 0 radical (unpaired) electrons. The van der Waals surface area contributed by atoms with E-state index in [1.165, 1.54) is 11.3 Å². The lowest BCUT2D eigenvalue weighted by molar-refractivity contribution is 0.102. The summed E-state index contributed by atoms with van der Waals surface area (Å²) in [5.41, 5.74) is 6.05. The number of carbonyl (C=O) groups is 1. The molecule has 0 aliphatic rings. The number of anilines is 1. The number of thiazole rings is 1. The van der Waals surface area contributed by atoms with E-state index in [4.69, 9.17) is 5.73 Å². The molecule has 2 rings (SSSR count). The fraction of sp³-hybridized carbons (Fsp3) is 0.300. The van der Waals surface area contributed by atoms with Crippen LogP contribution in [-0.2, 0) is 7.05 Å². The highest BCUT2D eigenvalue weighted by atomic mass is 32.1. The molecule has 1 atom stereocenters. The molecule has 1 unspecified atom stereocenters. The molecule has 0 aliphatic carbocycles. The summed E-state index contributed by atoms with van der Waals surface area (Å²) in [7, 11) is 1.78. The van der Waals surface area contributed by atoms with Gasteiger partial charge in [0.2, 0.25) is 0 Å². The Kier molecular flexibility index (Phi) is 3.21. The van der Waals surface area contributed by atoms with Crippen molar-refractivity contribution in [1.29, 1.82) is 0 Å². The number of amides is 1. The molecule has 6 nitrogen and oxygen atoms in total. The van der Waals surface area contributed by atoms with Crippen molar-refractivity contribution in [3.8, 4) is 0 Å². The van der Waals surface area contributed by atoms with Crippen LogP contribution in [0.15, 0.2) is 17.6 Å². The average Bonchev–Trinajstić information content (AvgIpc) is 2.86. The highest BCUT2D eigenvalue weighted by Gasteiger charge is 2.13. The van der Waals surface area contributed by atoms with E-state index in [-0.39, 0.29) is 11.9 Å². The Morgan fingerprint density at radius 1 is 1.65 bits per heavy atom. The minimum Gasteiger partial charge on any atom is -0.322 e. The standard InChI is InChI=1S/C10H13N5OS/c1-6(11)10-12-7(5-17-10)9(16)13-8-3-4-15(2)14-8/h3-6H,11H2,1-2H3,(H,13,14,16). The SMILES string of the molecule is CC(N)c1nc(C(=O)Nc2ccn(C)n2)cs1. The van der Waals surface area contributed by atoms with Crippen LogP contribution in [0.2, 0.25) is 0 Å². The molecule has 0 aromatic carbocycles. The number of hydrogen-bond acceptors (Lipinski definition) is 5. The van der Waals surface area contributed by atoms with E-state index in [0.717, 1.165) is 5.01 Å². The van der Waals surface area contributed by atoms with Gasteiger partial charge in [-0.25, -0.2) is 4.98 Å². The van der Waals surface area contributed by atoms with Gasteiger partial charge >= 0.3 is 0 Å². The van der Waals surface area contributed by atoms with Crippen molar-refractivity contribution in [3.05, 3.63) is 28.3 Å². The molecule has 90 valence electrons. The second kappa shape index (κ2) is 4.64. The number of aromatic nitrogens is 3. The summed E-state index contributed by atoms with van der Waals surface area (Å²) in [6, 6.07) is 1.56. The zero-order valence-electron chi connectivity index (χ0n) is 9.54. The number of nitrogens with zero attached hydrogens (tertiary/aromatic N) is 3. The molecule has 0 aliphatic heterocycles. The number of nitrogens with two attached hydrogens (primary N) is 1. The fourth-order valence-electron chi connectivity index (χ4n) is 1.26. The Hall–Kier alpha value is -1.73. The summed E-state index contributed by atoms with van der Waals surface area (Å²) in [4.78, 5) is 16.0. The second-order valence-corrected chi connectivity index (χ2v) is 4.58. The van der Waals surface area contributed by atoms with Crippen LogP contribution in [0.3, 0.4) is 0 Å². The number of rotatable bonds is 3. The number of hydrogen-bond donors (Lipinski definition) is 2. The maximum atomic E-state index is 11.8. The van der Waals surface area contributed by atoms with Crippen molar-refractivity contribution in [3.63, 3.8) is 0 Å². The first kappa shape index (κ1) is 11.7. The Morgan fingerprint density at radius 3 is 2.94 bits per heavy atom. The maximum absolute atomic E-state index is 11.8. The van der Waals surface area contributed by atoms with Crippen LogP contribution in [0, 0.1) is 0 Å². The monoisotopic (exact) mass is 251 g/mol. The number of nitrogens with one attached hydrogen (secondary N) is 1. The fourth-order valence-corrected chi connectivity index (χ4v) is 2.02. The predicted octanol–water partition coefficient (Wildman–Crippen LogP) is 1.15. The van der Waals surface area contributed by atoms with Crippen molar-refractivity contribution in [2.75, 3.05) is 5.32 Å². The van der Waals surface area contributed by atoms with Crippen LogP contribution in [0.1, 0.15) is 28.5 Å². The predicted molar refractivity (Wildman–Crippen MR) is 65.9 cm³/mol. The molecule has 2 aromatic heterocycles. The van der Waals surface area contributed by atoms with E-state index in [0.29, 0.717) is 11.5 Å². The van der Waals surface area contributed by atoms with Crippen LogP contribution in [-0.4, -0.2) is 20.7 Å². The minimum absolute atomic E-state index is 0.156. The third-order valence-electron chi connectivity index (χ3n) is 2.10. The summed E-state index contributed by atoms with van der Waals surface area (Å²) in [6.45, 7) is 1.83. The highest BCUT2D eigenvalue weighted by Crippen LogP contribution is 2.16. The van der Waals surface area contributed by atoms with E-state index in [2.05, 4.69) is 15.4 Å². The van der Waals surface area contributed by atoms with Crippen LogP contribution >= 0.6 is 11.3 Å². The molecule has 0 saturated carbocycles. The maximum Gasteiger partial charge on any atom is 0.276 e. The number of carbonyl (C=O) groups excluding carboxylic acids is 1. The van der Waals surface area contributed by atoms with Crippen LogP contribution in [0.25, 0.3) is 0 Å². The van der Waals surface area contributed by atoms with Crippen molar-refractivity contribution < 1.29 is 4.79 Å². The Morgan fingerprint density at radius 2 is 2.41 bits per heavy atom. The van der Waals surface area contributed by atoms with E-state index in [9.17, 15) is 4.79 Å². The molecule has 3 N–H and O–H groups in total. The normalized spacial score (nSPS) is 12.4. The van der Waals surface area contributed by atoms with Gasteiger partial charge in [0, 0.05) is 24.7 Å². The molecule has 17 heavy (non-hydrogen) atoms. The third-order valence-corrected chi connectivity index (χ3v) is 3.15. The minimum atomic E-state index is -0.271. The zero-order valence-corrected chi connectivity index (χ0v) is 10.4. The molecule has 0 spiro atoms. The van der Waals surface area contributed by atoms with Crippen molar-refractivity contribution in [1.82, 2.24) is 14.8 Å². The smallest absolute Gasteiger partial charge is 0.276 e. The Bertz CT molecular complexity index is 530. The Balaban J connectivity index is 2.09. The first-order chi connectivity index (χ1) is 8.06. The molecule has 1 amide bonds. The molecular weight excluding hydrogens is 238 g/mol. The molecule has 2 aromatic rings. The summed E-state index contributed by atoms with van der Waals surface area (Å²) < 4.78 is 1.62. The number of aryl methyl sites for hydroxylation is 1. The lowest BCUT2D eigenvalue weighted by atomic mass is 10.4. The molecule has 0 bridgehead atoms. The average molecular weight is 251 g/mol. The molecular formula is C10H13N5OS. The van der Waals surface area contributed by atoms with E-state index in [1.807, 2.05) is 6.92 Å². The molecule has 0 saturated heterocycles. The van der Waals surface area contributed by atoms with Gasteiger partial charge in [-0.2, -0.15) is 5.10 Å². The summed E-state index contributed by atoms with van der Waals surface area (Å²) in [5.74, 6) is 0.236.